The first kappa shape index (κ1) is 19.6. The number of hydrogen-bond donors (Lipinski definition) is 2. The Morgan fingerprint density at radius 2 is 2.07 bits per heavy atom. The minimum atomic E-state index is -4.59. The number of nitrogens with zero attached hydrogens (tertiary/aromatic N) is 2. The van der Waals surface area contributed by atoms with Crippen LogP contribution < -0.4 is 10.0 Å². The van der Waals surface area contributed by atoms with Crippen LogP contribution in [0.25, 0.3) is 0 Å². The molecule has 3 heterocycles. The highest BCUT2D eigenvalue weighted by Gasteiger charge is 2.36. The molecule has 0 aromatic carbocycles. The number of alkyl halides is 3. The summed E-state index contributed by atoms with van der Waals surface area (Å²) in [6.45, 7) is 1.65. The number of amides is 1. The molecule has 2 N–H and O–H groups in total. The number of allylic oxidation sites excluding steroid dienone is 1. The predicted octanol–water partition coefficient (Wildman–Crippen LogP) is 1.66. The Balaban J connectivity index is 1.92. The molecule has 7 nitrogen and oxygen atoms in total. The summed E-state index contributed by atoms with van der Waals surface area (Å²) in [6, 6.07) is -0.282. The molecule has 0 radical (unpaired) electrons. The maximum absolute atomic E-state index is 12.8. The molecular weight excluding hydrogens is 385 g/mol. The van der Waals surface area contributed by atoms with Crippen LogP contribution in [-0.4, -0.2) is 43.4 Å². The van der Waals surface area contributed by atoms with Crippen LogP contribution in [0.2, 0.25) is 0 Å². The topological polar surface area (TPSA) is 92.6 Å². The molecule has 0 spiro atoms. The summed E-state index contributed by atoms with van der Waals surface area (Å²) < 4.78 is 67.2. The van der Waals surface area contributed by atoms with Crippen molar-refractivity contribution in [3.8, 4) is 0 Å². The van der Waals surface area contributed by atoms with E-state index in [-0.39, 0.29) is 35.3 Å². The molecule has 2 aliphatic rings. The normalized spacial score (nSPS) is 22.3. The van der Waals surface area contributed by atoms with Crippen molar-refractivity contribution in [2.24, 2.45) is 12.0 Å². The van der Waals surface area contributed by atoms with Crippen molar-refractivity contribution < 1.29 is 26.4 Å². The number of aliphatic imine (C=N–C) groups is 1. The summed E-state index contributed by atoms with van der Waals surface area (Å²) >= 11 is 0. The summed E-state index contributed by atoms with van der Waals surface area (Å²) in [4.78, 5) is 16.2. The lowest BCUT2D eigenvalue weighted by atomic mass is 10.1. The van der Waals surface area contributed by atoms with E-state index in [1.54, 1.807) is 6.92 Å². The average molecular weight is 404 g/mol. The number of halogens is 3. The monoisotopic (exact) mass is 404 g/mol. The van der Waals surface area contributed by atoms with Gasteiger partial charge in [-0.2, -0.15) is 13.2 Å². The van der Waals surface area contributed by atoms with Gasteiger partial charge in [0.25, 0.3) is 5.91 Å². The molecule has 0 fully saturated rings. The summed E-state index contributed by atoms with van der Waals surface area (Å²) in [5.74, 6) is -0.641. The molecule has 1 atom stereocenters. The molecule has 1 aromatic rings. The van der Waals surface area contributed by atoms with Gasteiger partial charge in [0.15, 0.2) is 0 Å². The summed E-state index contributed by atoms with van der Waals surface area (Å²) in [6.07, 6.45) is -1.40. The van der Waals surface area contributed by atoms with Crippen molar-refractivity contribution in [1.82, 2.24) is 14.6 Å². The third-order valence-corrected chi connectivity index (χ3v) is 6.12. The molecule has 2 aliphatic heterocycles. The average Bonchev–Trinajstić information content (AvgIpc) is 2.84. The number of hydrogen-bond acceptors (Lipinski definition) is 4. The van der Waals surface area contributed by atoms with E-state index in [2.05, 4.69) is 15.0 Å². The Hall–Kier alpha value is -2.14. The van der Waals surface area contributed by atoms with Crippen molar-refractivity contribution in [3.63, 3.8) is 0 Å². The van der Waals surface area contributed by atoms with E-state index in [9.17, 15) is 26.4 Å². The Morgan fingerprint density at radius 3 is 2.74 bits per heavy atom. The molecule has 148 valence electrons. The predicted molar refractivity (Wildman–Crippen MR) is 92.0 cm³/mol. The minimum absolute atomic E-state index is 0.0228. The molecule has 11 heteroatoms. The third kappa shape index (κ3) is 3.93. The molecule has 0 unspecified atom stereocenters. The fourth-order valence-corrected chi connectivity index (χ4v) is 4.82. The Morgan fingerprint density at radius 1 is 1.37 bits per heavy atom. The molecule has 3 rings (SSSR count). The number of sulfonamides is 1. The molecule has 0 aliphatic carbocycles. The van der Waals surface area contributed by atoms with Gasteiger partial charge in [-0.3, -0.25) is 9.79 Å². The highest BCUT2D eigenvalue weighted by molar-refractivity contribution is 7.89. The van der Waals surface area contributed by atoms with Crippen LogP contribution in [0, 0.1) is 0 Å². The lowest BCUT2D eigenvalue weighted by molar-refractivity contribution is -0.0580. The van der Waals surface area contributed by atoms with Gasteiger partial charge in [0, 0.05) is 43.5 Å². The van der Waals surface area contributed by atoms with Gasteiger partial charge in [0.1, 0.15) is 16.3 Å². The van der Waals surface area contributed by atoms with Gasteiger partial charge in [0.05, 0.1) is 0 Å². The van der Waals surface area contributed by atoms with Crippen molar-refractivity contribution in [2.75, 3.05) is 6.54 Å². The Labute approximate surface area is 154 Å². The van der Waals surface area contributed by atoms with Gasteiger partial charge in [0.2, 0.25) is 10.0 Å². The van der Waals surface area contributed by atoms with Crippen molar-refractivity contribution >= 4 is 21.6 Å². The molecular formula is C16H19F3N4O3S. The van der Waals surface area contributed by atoms with Crippen LogP contribution in [0.15, 0.2) is 27.9 Å². The third-order valence-electron chi connectivity index (χ3n) is 4.47. The molecule has 1 aromatic heterocycles. The summed E-state index contributed by atoms with van der Waals surface area (Å²) in [5.41, 5.74) is -0.454. The van der Waals surface area contributed by atoms with E-state index in [1.807, 2.05) is 0 Å². The highest BCUT2D eigenvalue weighted by Crippen LogP contribution is 2.28. The van der Waals surface area contributed by atoms with Gasteiger partial charge >= 0.3 is 6.18 Å². The number of fused-ring (bicyclic) bond motifs is 1. The van der Waals surface area contributed by atoms with Crippen LogP contribution in [0.5, 0.6) is 0 Å². The highest BCUT2D eigenvalue weighted by atomic mass is 32.2. The zero-order chi connectivity index (χ0) is 20.0. The van der Waals surface area contributed by atoms with Gasteiger partial charge in [-0.1, -0.05) is 0 Å². The first-order chi connectivity index (χ1) is 12.5. The summed E-state index contributed by atoms with van der Waals surface area (Å²) in [7, 11) is -2.23. The lowest BCUT2D eigenvalue weighted by Crippen LogP contribution is -2.31. The second kappa shape index (κ2) is 6.79. The van der Waals surface area contributed by atoms with Crippen LogP contribution in [-0.2, 0) is 23.5 Å². The van der Waals surface area contributed by atoms with Gasteiger partial charge in [-0.15, -0.1) is 0 Å². The fraction of sp³-hybridized carbons (Fsp3) is 0.500. The maximum Gasteiger partial charge on any atom is 0.432 e. The van der Waals surface area contributed by atoms with Gasteiger partial charge in [-0.25, -0.2) is 13.1 Å². The van der Waals surface area contributed by atoms with Crippen molar-refractivity contribution in [3.05, 3.63) is 29.2 Å². The van der Waals surface area contributed by atoms with Gasteiger partial charge in [-0.05, 0) is 25.8 Å². The number of dihydropyridines is 1. The van der Waals surface area contributed by atoms with Crippen molar-refractivity contribution in [1.29, 1.82) is 0 Å². The number of aromatic nitrogens is 1. The smallest absolute Gasteiger partial charge is 0.345 e. The largest absolute Gasteiger partial charge is 0.432 e. The second-order valence-electron chi connectivity index (χ2n) is 6.63. The molecule has 0 saturated carbocycles. The van der Waals surface area contributed by atoms with Gasteiger partial charge < -0.3 is 9.88 Å². The lowest BCUT2D eigenvalue weighted by Gasteiger charge is -2.17. The van der Waals surface area contributed by atoms with E-state index in [1.165, 1.54) is 17.8 Å². The number of rotatable bonds is 2. The molecule has 0 saturated heterocycles. The first-order valence-corrected chi connectivity index (χ1v) is 9.81. The number of carbonyl (C=O) groups excluding carboxylic acids is 1. The van der Waals surface area contributed by atoms with E-state index >= 15 is 0 Å². The van der Waals surface area contributed by atoms with Crippen LogP contribution in [0.1, 0.15) is 35.8 Å². The second-order valence-corrected chi connectivity index (χ2v) is 8.31. The molecule has 1 amide bonds. The van der Waals surface area contributed by atoms with E-state index in [0.29, 0.717) is 18.4 Å². The first-order valence-electron chi connectivity index (χ1n) is 8.33. The molecule has 0 bridgehead atoms. The maximum atomic E-state index is 12.8. The quantitative estimate of drug-likeness (QED) is 0.785. The van der Waals surface area contributed by atoms with Crippen LogP contribution in [0.3, 0.4) is 0 Å². The SMILES string of the molecule is C[C@H]1CCc2c(cn(C)c2C(=O)NC2=CC(C(F)(F)F)=NCC2)S(=O)(=O)N1. The van der Waals surface area contributed by atoms with E-state index in [4.69, 9.17) is 0 Å². The fourth-order valence-electron chi connectivity index (χ4n) is 3.22. The summed E-state index contributed by atoms with van der Waals surface area (Å²) in [5, 5.41) is 2.48. The Kier molecular flexibility index (Phi) is 4.93. The number of aryl methyl sites for hydroxylation is 1. The van der Waals surface area contributed by atoms with Crippen LogP contribution in [0.4, 0.5) is 13.2 Å². The number of carbonyl (C=O) groups is 1. The molecule has 27 heavy (non-hydrogen) atoms. The standard InChI is InChI=1S/C16H19F3N4O3S/c1-9-3-4-11-12(27(25,26)22-9)8-23(2)14(11)15(24)21-10-5-6-20-13(7-10)16(17,18)19/h7-9,22H,3-6H2,1-2H3,(H,21,24)/t9-/m0/s1. The van der Waals surface area contributed by atoms with Crippen LogP contribution >= 0.6 is 0 Å². The zero-order valence-electron chi connectivity index (χ0n) is 14.7. The Bertz CT molecular complexity index is 945. The number of nitrogens with one attached hydrogen (secondary N) is 2. The van der Waals surface area contributed by atoms with Crippen molar-refractivity contribution in [2.45, 2.75) is 43.3 Å². The zero-order valence-corrected chi connectivity index (χ0v) is 15.5. The van der Waals surface area contributed by atoms with E-state index in [0.717, 1.165) is 6.08 Å². The van der Waals surface area contributed by atoms with E-state index < -0.39 is 27.8 Å². The minimum Gasteiger partial charge on any atom is -0.345 e.